The topological polar surface area (TPSA) is 51.3 Å². The van der Waals surface area contributed by atoms with Crippen molar-refractivity contribution in [2.24, 2.45) is 0 Å². The maximum Gasteiger partial charge on any atom is 0.230 e. The highest BCUT2D eigenvalue weighted by Crippen LogP contribution is 2.28. The number of aryl methyl sites for hydroxylation is 3. The minimum Gasteiger partial charge on any atom is -0.466 e. The lowest BCUT2D eigenvalue weighted by Gasteiger charge is -2.34. The van der Waals surface area contributed by atoms with Crippen LogP contribution in [-0.4, -0.2) is 33.7 Å². The number of piperidine rings is 1. The monoisotopic (exact) mass is 315 g/mol. The van der Waals surface area contributed by atoms with Crippen molar-refractivity contribution in [2.45, 2.75) is 52.5 Å². The Kier molecular flexibility index (Phi) is 4.28. The molecule has 0 N–H and O–H groups in total. The molecule has 5 nitrogen and oxygen atoms in total. The number of nitrogens with zero attached hydrogens (tertiary/aromatic N) is 3. The lowest BCUT2D eigenvalue weighted by atomic mass is 9.97. The fourth-order valence-electron chi connectivity index (χ4n) is 3.49. The summed E-state index contributed by atoms with van der Waals surface area (Å²) in [6, 6.07) is 2.26. The highest BCUT2D eigenvalue weighted by atomic mass is 16.3. The van der Waals surface area contributed by atoms with E-state index >= 15 is 0 Å². The van der Waals surface area contributed by atoms with Crippen LogP contribution in [0.3, 0.4) is 0 Å². The molecule has 3 rings (SSSR count). The van der Waals surface area contributed by atoms with E-state index in [0.29, 0.717) is 0 Å². The van der Waals surface area contributed by atoms with Gasteiger partial charge in [-0.1, -0.05) is 0 Å². The van der Waals surface area contributed by atoms with Crippen LogP contribution in [0.15, 0.2) is 22.9 Å². The van der Waals surface area contributed by atoms with Crippen molar-refractivity contribution in [3.63, 3.8) is 0 Å². The second kappa shape index (κ2) is 6.22. The van der Waals surface area contributed by atoms with E-state index in [0.717, 1.165) is 48.6 Å². The fourth-order valence-corrected chi connectivity index (χ4v) is 3.49. The minimum absolute atomic E-state index is 0.162. The van der Waals surface area contributed by atoms with Gasteiger partial charge < -0.3 is 9.32 Å². The molecule has 1 fully saturated rings. The summed E-state index contributed by atoms with van der Waals surface area (Å²) in [5, 5.41) is 4.42. The first-order valence-electron chi connectivity index (χ1n) is 8.32. The van der Waals surface area contributed by atoms with Crippen LogP contribution in [0, 0.1) is 20.8 Å². The number of hydrogen-bond acceptors (Lipinski definition) is 3. The standard InChI is InChI=1S/C18H25N3O2/c1-12-9-19-21(10-12)16-6-5-7-20(11-16)18(22)14(3)17-8-13(2)23-15(17)4/h8-10,14,16H,5-7,11H2,1-4H3. The molecule has 3 heterocycles. The molecule has 2 aromatic rings. The highest BCUT2D eigenvalue weighted by molar-refractivity contribution is 5.83. The van der Waals surface area contributed by atoms with E-state index in [-0.39, 0.29) is 17.9 Å². The van der Waals surface area contributed by atoms with Crippen molar-refractivity contribution >= 4 is 5.91 Å². The summed E-state index contributed by atoms with van der Waals surface area (Å²) >= 11 is 0. The first-order valence-corrected chi connectivity index (χ1v) is 8.32. The molecule has 124 valence electrons. The van der Waals surface area contributed by atoms with Crippen LogP contribution in [0.5, 0.6) is 0 Å². The zero-order valence-corrected chi connectivity index (χ0v) is 14.4. The first-order chi connectivity index (χ1) is 11.0. The number of hydrogen-bond donors (Lipinski definition) is 0. The van der Waals surface area contributed by atoms with Crippen LogP contribution in [0.2, 0.25) is 0 Å². The Balaban J connectivity index is 1.73. The number of likely N-dealkylation sites (tertiary alicyclic amines) is 1. The average Bonchev–Trinajstić information content (AvgIpc) is 3.11. The second-order valence-corrected chi connectivity index (χ2v) is 6.67. The Morgan fingerprint density at radius 3 is 2.78 bits per heavy atom. The molecule has 0 saturated carbocycles. The summed E-state index contributed by atoms with van der Waals surface area (Å²) in [7, 11) is 0. The Morgan fingerprint density at radius 1 is 1.39 bits per heavy atom. The number of carbonyl (C=O) groups excluding carboxylic acids is 1. The van der Waals surface area contributed by atoms with Crippen LogP contribution in [0.25, 0.3) is 0 Å². The highest BCUT2D eigenvalue weighted by Gasteiger charge is 2.30. The molecule has 5 heteroatoms. The van der Waals surface area contributed by atoms with Gasteiger partial charge in [0.15, 0.2) is 0 Å². The van der Waals surface area contributed by atoms with Gasteiger partial charge in [0.25, 0.3) is 0 Å². The normalized spacial score (nSPS) is 19.8. The molecule has 0 bridgehead atoms. The van der Waals surface area contributed by atoms with E-state index in [1.165, 1.54) is 0 Å². The molecule has 2 unspecified atom stereocenters. The Bertz CT molecular complexity index is 701. The summed E-state index contributed by atoms with van der Waals surface area (Å²) in [6.07, 6.45) is 6.03. The predicted molar refractivity (Wildman–Crippen MR) is 88.4 cm³/mol. The van der Waals surface area contributed by atoms with Gasteiger partial charge in [-0.25, -0.2) is 0 Å². The SMILES string of the molecule is Cc1cnn(C2CCCN(C(=O)C(C)c3cc(C)oc3C)C2)c1. The molecule has 2 aromatic heterocycles. The maximum absolute atomic E-state index is 12.9. The summed E-state index contributed by atoms with van der Waals surface area (Å²) in [5.74, 6) is 1.73. The van der Waals surface area contributed by atoms with Gasteiger partial charge in [0.2, 0.25) is 5.91 Å². The average molecular weight is 315 g/mol. The van der Waals surface area contributed by atoms with Crippen LogP contribution in [0.1, 0.15) is 54.4 Å². The van der Waals surface area contributed by atoms with E-state index < -0.39 is 0 Å². The van der Waals surface area contributed by atoms with Crippen LogP contribution in [0.4, 0.5) is 0 Å². The fraction of sp³-hybridized carbons (Fsp3) is 0.556. The zero-order chi connectivity index (χ0) is 16.6. The number of aromatic nitrogens is 2. The van der Waals surface area contributed by atoms with E-state index in [4.69, 9.17) is 4.42 Å². The maximum atomic E-state index is 12.9. The Morgan fingerprint density at radius 2 is 2.17 bits per heavy atom. The number of rotatable bonds is 3. The predicted octanol–water partition coefficient (Wildman–Crippen LogP) is 3.37. The lowest BCUT2D eigenvalue weighted by molar-refractivity contribution is -0.134. The molecular formula is C18H25N3O2. The third kappa shape index (κ3) is 3.19. The van der Waals surface area contributed by atoms with E-state index in [2.05, 4.69) is 11.3 Å². The summed E-state index contributed by atoms with van der Waals surface area (Å²) < 4.78 is 7.59. The summed E-state index contributed by atoms with van der Waals surface area (Å²) in [6.45, 7) is 9.43. The second-order valence-electron chi connectivity index (χ2n) is 6.67. The van der Waals surface area contributed by atoms with Gasteiger partial charge in [0.1, 0.15) is 11.5 Å². The van der Waals surface area contributed by atoms with E-state index in [1.807, 2.05) is 49.5 Å². The van der Waals surface area contributed by atoms with Crippen LogP contribution >= 0.6 is 0 Å². The molecule has 0 spiro atoms. The van der Waals surface area contributed by atoms with Crippen molar-refractivity contribution in [3.05, 3.63) is 41.1 Å². The largest absolute Gasteiger partial charge is 0.466 e. The first kappa shape index (κ1) is 15.8. The van der Waals surface area contributed by atoms with E-state index in [9.17, 15) is 4.79 Å². The minimum atomic E-state index is -0.162. The molecule has 1 saturated heterocycles. The van der Waals surface area contributed by atoms with Gasteiger partial charge in [-0.2, -0.15) is 5.10 Å². The quantitative estimate of drug-likeness (QED) is 0.872. The molecule has 1 aliphatic rings. The Hall–Kier alpha value is -2.04. The lowest BCUT2D eigenvalue weighted by Crippen LogP contribution is -2.42. The summed E-state index contributed by atoms with van der Waals surface area (Å²) in [5.41, 5.74) is 2.16. The van der Waals surface area contributed by atoms with Crippen molar-refractivity contribution in [2.75, 3.05) is 13.1 Å². The molecule has 1 amide bonds. The van der Waals surface area contributed by atoms with Gasteiger partial charge in [0, 0.05) is 24.8 Å². The third-order valence-electron chi connectivity index (χ3n) is 4.73. The third-order valence-corrected chi connectivity index (χ3v) is 4.73. The van der Waals surface area contributed by atoms with Gasteiger partial charge in [0.05, 0.1) is 18.2 Å². The Labute approximate surface area is 137 Å². The molecule has 0 aliphatic carbocycles. The summed E-state index contributed by atoms with van der Waals surface area (Å²) in [4.78, 5) is 14.9. The zero-order valence-electron chi connectivity index (χ0n) is 14.4. The van der Waals surface area contributed by atoms with Crippen LogP contribution < -0.4 is 0 Å². The molecule has 1 aliphatic heterocycles. The van der Waals surface area contributed by atoms with Crippen molar-refractivity contribution in [1.82, 2.24) is 14.7 Å². The van der Waals surface area contributed by atoms with Crippen molar-refractivity contribution in [1.29, 1.82) is 0 Å². The molecular weight excluding hydrogens is 290 g/mol. The number of furan rings is 1. The van der Waals surface area contributed by atoms with Crippen molar-refractivity contribution < 1.29 is 9.21 Å². The molecule has 2 atom stereocenters. The number of amides is 1. The smallest absolute Gasteiger partial charge is 0.230 e. The number of carbonyl (C=O) groups is 1. The molecule has 0 radical (unpaired) electrons. The van der Waals surface area contributed by atoms with Crippen LogP contribution in [-0.2, 0) is 4.79 Å². The van der Waals surface area contributed by atoms with Crippen molar-refractivity contribution in [3.8, 4) is 0 Å². The van der Waals surface area contributed by atoms with Gasteiger partial charge in [-0.05, 0) is 52.2 Å². The van der Waals surface area contributed by atoms with Gasteiger partial charge >= 0.3 is 0 Å². The van der Waals surface area contributed by atoms with E-state index in [1.54, 1.807) is 0 Å². The molecule has 23 heavy (non-hydrogen) atoms. The van der Waals surface area contributed by atoms with Gasteiger partial charge in [-0.15, -0.1) is 0 Å². The molecule has 0 aromatic carbocycles. The van der Waals surface area contributed by atoms with Gasteiger partial charge in [-0.3, -0.25) is 9.48 Å².